The van der Waals surface area contributed by atoms with Gasteiger partial charge in [0.05, 0.1) is 23.4 Å². The molecule has 2 aromatic rings. The predicted molar refractivity (Wildman–Crippen MR) is 89.5 cm³/mol. The van der Waals surface area contributed by atoms with Gasteiger partial charge in [0.25, 0.3) is 5.91 Å². The molecule has 7 heteroatoms. The molecule has 0 aliphatic rings. The van der Waals surface area contributed by atoms with Crippen LogP contribution in [-0.2, 0) is 0 Å². The maximum Gasteiger partial charge on any atom is 0.271 e. The fourth-order valence-electron chi connectivity index (χ4n) is 1.68. The van der Waals surface area contributed by atoms with Crippen LogP contribution in [0, 0.1) is 0 Å². The average Bonchev–Trinajstić information content (AvgIpc) is 2.47. The van der Waals surface area contributed by atoms with Crippen molar-refractivity contribution in [1.29, 1.82) is 0 Å². The molecule has 1 amide bonds. The van der Waals surface area contributed by atoms with Gasteiger partial charge < -0.3 is 4.74 Å². The minimum absolute atomic E-state index is 0.348. The summed E-state index contributed by atoms with van der Waals surface area (Å²) < 4.78 is 5.05. The quantitative estimate of drug-likeness (QED) is 0.650. The Bertz CT molecular complexity index is 692. The van der Waals surface area contributed by atoms with Crippen molar-refractivity contribution in [2.45, 2.75) is 0 Å². The van der Waals surface area contributed by atoms with Gasteiger partial charge in [-0.3, -0.25) is 4.79 Å². The molecule has 0 heterocycles. The number of hydrazone groups is 1. The van der Waals surface area contributed by atoms with Crippen molar-refractivity contribution in [3.05, 3.63) is 62.6 Å². The lowest BCUT2D eigenvalue weighted by Gasteiger charge is -2.06. The number of carbonyl (C=O) groups excluding carboxylic acids is 1. The van der Waals surface area contributed by atoms with E-state index in [4.69, 9.17) is 39.5 Å². The monoisotopic (exact) mass is 356 g/mol. The lowest BCUT2D eigenvalue weighted by Crippen LogP contribution is -2.17. The fraction of sp³-hybridized carbons (Fsp3) is 0.0667. The standard InChI is InChI=1S/C15H11Cl3N2O2/c1-22-14-12(17)6-9(7-13(14)18)8-19-20-15(21)10-2-4-11(16)5-3-10/h2-8H,1H3,(H,20,21)/b19-8+. The summed E-state index contributed by atoms with van der Waals surface area (Å²) in [6.07, 6.45) is 1.44. The minimum Gasteiger partial charge on any atom is -0.494 e. The zero-order valence-corrected chi connectivity index (χ0v) is 13.7. The Kier molecular flexibility index (Phi) is 5.66. The molecule has 0 aliphatic heterocycles. The minimum atomic E-state index is -0.348. The molecule has 0 fully saturated rings. The first-order valence-corrected chi connectivity index (χ1v) is 7.26. The third-order valence-corrected chi connectivity index (χ3v) is 3.52. The number of carbonyl (C=O) groups is 1. The summed E-state index contributed by atoms with van der Waals surface area (Å²) in [5, 5.41) is 5.14. The van der Waals surface area contributed by atoms with Gasteiger partial charge in [0.2, 0.25) is 0 Å². The van der Waals surface area contributed by atoms with Crippen LogP contribution in [-0.4, -0.2) is 19.2 Å². The van der Waals surface area contributed by atoms with Crippen LogP contribution in [0.5, 0.6) is 5.75 Å². The molecule has 0 spiro atoms. The molecule has 114 valence electrons. The lowest BCUT2D eigenvalue weighted by atomic mass is 10.2. The second kappa shape index (κ2) is 7.49. The molecule has 2 aromatic carbocycles. The molecule has 0 radical (unpaired) electrons. The van der Waals surface area contributed by atoms with Gasteiger partial charge >= 0.3 is 0 Å². The van der Waals surface area contributed by atoms with Gasteiger partial charge in [-0.25, -0.2) is 5.43 Å². The van der Waals surface area contributed by atoms with Crippen LogP contribution in [0.2, 0.25) is 15.1 Å². The maximum atomic E-state index is 11.8. The SMILES string of the molecule is COc1c(Cl)cc(/C=N/NC(=O)c2ccc(Cl)cc2)cc1Cl. The molecule has 2 rings (SSSR count). The van der Waals surface area contributed by atoms with Crippen LogP contribution < -0.4 is 10.2 Å². The molecule has 0 unspecified atom stereocenters. The highest BCUT2D eigenvalue weighted by atomic mass is 35.5. The molecular weight excluding hydrogens is 347 g/mol. The summed E-state index contributed by atoms with van der Waals surface area (Å²) in [4.78, 5) is 11.8. The Labute approximate surface area is 142 Å². The molecule has 22 heavy (non-hydrogen) atoms. The van der Waals surface area contributed by atoms with E-state index in [1.807, 2.05) is 0 Å². The Hall–Kier alpha value is -1.75. The zero-order chi connectivity index (χ0) is 16.1. The van der Waals surface area contributed by atoms with Crippen molar-refractivity contribution in [1.82, 2.24) is 5.43 Å². The first-order chi connectivity index (χ1) is 10.5. The number of amides is 1. The zero-order valence-electron chi connectivity index (χ0n) is 11.4. The number of hydrogen-bond donors (Lipinski definition) is 1. The van der Waals surface area contributed by atoms with Crippen molar-refractivity contribution in [3.63, 3.8) is 0 Å². The van der Waals surface area contributed by atoms with Crippen LogP contribution in [0.25, 0.3) is 0 Å². The van der Waals surface area contributed by atoms with Crippen LogP contribution in [0.15, 0.2) is 41.5 Å². The predicted octanol–water partition coefficient (Wildman–Crippen LogP) is 4.42. The van der Waals surface area contributed by atoms with E-state index in [9.17, 15) is 4.79 Å². The molecule has 4 nitrogen and oxygen atoms in total. The van der Waals surface area contributed by atoms with Crippen molar-refractivity contribution in [2.24, 2.45) is 5.10 Å². The molecule has 0 atom stereocenters. The maximum absolute atomic E-state index is 11.8. The largest absolute Gasteiger partial charge is 0.494 e. The number of benzene rings is 2. The average molecular weight is 358 g/mol. The number of hydrogen-bond acceptors (Lipinski definition) is 3. The van der Waals surface area contributed by atoms with Crippen LogP contribution in [0.3, 0.4) is 0 Å². The highest BCUT2D eigenvalue weighted by molar-refractivity contribution is 6.37. The van der Waals surface area contributed by atoms with Gasteiger partial charge in [0.1, 0.15) is 0 Å². The second-order valence-corrected chi connectivity index (χ2v) is 5.47. The van der Waals surface area contributed by atoms with E-state index in [0.717, 1.165) is 0 Å². The molecule has 0 saturated carbocycles. The summed E-state index contributed by atoms with van der Waals surface area (Å²) in [7, 11) is 1.48. The number of nitrogens with zero attached hydrogens (tertiary/aromatic N) is 1. The van der Waals surface area contributed by atoms with E-state index >= 15 is 0 Å². The molecule has 0 bridgehead atoms. The number of ether oxygens (including phenoxy) is 1. The summed E-state index contributed by atoms with van der Waals surface area (Å²) in [6.45, 7) is 0. The Morgan fingerprint density at radius 1 is 1.14 bits per heavy atom. The van der Waals surface area contributed by atoms with Crippen LogP contribution in [0.1, 0.15) is 15.9 Å². The highest BCUT2D eigenvalue weighted by Gasteiger charge is 2.08. The summed E-state index contributed by atoms with van der Waals surface area (Å²) in [5.41, 5.74) is 3.49. The van der Waals surface area contributed by atoms with Gasteiger partial charge in [-0.15, -0.1) is 0 Å². The van der Waals surface area contributed by atoms with Crippen molar-refractivity contribution >= 4 is 46.9 Å². The molecule has 1 N–H and O–H groups in total. The first-order valence-electron chi connectivity index (χ1n) is 6.13. The van der Waals surface area contributed by atoms with Gasteiger partial charge in [0.15, 0.2) is 5.75 Å². The fourth-order valence-corrected chi connectivity index (χ4v) is 2.46. The van der Waals surface area contributed by atoms with Gasteiger partial charge in [-0.05, 0) is 42.0 Å². The van der Waals surface area contributed by atoms with E-state index in [1.165, 1.54) is 13.3 Å². The Morgan fingerprint density at radius 2 is 1.73 bits per heavy atom. The highest BCUT2D eigenvalue weighted by Crippen LogP contribution is 2.33. The van der Waals surface area contributed by atoms with Crippen molar-refractivity contribution in [3.8, 4) is 5.75 Å². The van der Waals surface area contributed by atoms with E-state index in [-0.39, 0.29) is 5.91 Å². The normalized spacial score (nSPS) is 10.7. The van der Waals surface area contributed by atoms with E-state index in [0.29, 0.717) is 31.9 Å². The first kappa shape index (κ1) is 16.6. The second-order valence-electron chi connectivity index (χ2n) is 4.22. The number of methoxy groups -OCH3 is 1. The third kappa shape index (κ3) is 4.13. The topological polar surface area (TPSA) is 50.7 Å². The van der Waals surface area contributed by atoms with E-state index in [2.05, 4.69) is 10.5 Å². The van der Waals surface area contributed by atoms with Crippen molar-refractivity contribution in [2.75, 3.05) is 7.11 Å². The molecule has 0 aliphatic carbocycles. The Morgan fingerprint density at radius 3 is 2.27 bits per heavy atom. The van der Waals surface area contributed by atoms with Crippen molar-refractivity contribution < 1.29 is 9.53 Å². The van der Waals surface area contributed by atoms with Gasteiger partial charge in [-0.2, -0.15) is 5.10 Å². The number of halogens is 3. The number of nitrogens with one attached hydrogen (secondary N) is 1. The molecule has 0 saturated heterocycles. The van der Waals surface area contributed by atoms with E-state index in [1.54, 1.807) is 36.4 Å². The van der Waals surface area contributed by atoms with E-state index < -0.39 is 0 Å². The summed E-state index contributed by atoms with van der Waals surface area (Å²) in [6, 6.07) is 9.73. The summed E-state index contributed by atoms with van der Waals surface area (Å²) in [5.74, 6) is 0.0457. The van der Waals surface area contributed by atoms with Gasteiger partial charge in [0, 0.05) is 10.6 Å². The third-order valence-electron chi connectivity index (χ3n) is 2.71. The number of rotatable bonds is 4. The lowest BCUT2D eigenvalue weighted by molar-refractivity contribution is 0.0955. The van der Waals surface area contributed by atoms with Crippen LogP contribution >= 0.6 is 34.8 Å². The summed E-state index contributed by atoms with van der Waals surface area (Å²) >= 11 is 17.8. The van der Waals surface area contributed by atoms with Gasteiger partial charge in [-0.1, -0.05) is 34.8 Å². The van der Waals surface area contributed by atoms with Crippen LogP contribution in [0.4, 0.5) is 0 Å². The molecular formula is C15H11Cl3N2O2. The molecule has 0 aromatic heterocycles. The Balaban J connectivity index is 2.06. The smallest absolute Gasteiger partial charge is 0.271 e.